The molecular weight excluding hydrogens is 331 g/mol. The van der Waals surface area contributed by atoms with E-state index in [2.05, 4.69) is 9.68 Å². The SMILES string of the molecule is Cc1noc(N)c1C(=O)OCC(=O)N(CC(F)(F)F)C(C)C1CC1. The molecule has 0 radical (unpaired) electrons. The number of aromatic nitrogens is 1. The van der Waals surface area contributed by atoms with Gasteiger partial charge < -0.3 is 19.9 Å². The molecule has 10 heteroatoms. The van der Waals surface area contributed by atoms with Crippen molar-refractivity contribution in [2.75, 3.05) is 18.9 Å². The quantitative estimate of drug-likeness (QED) is 0.788. The van der Waals surface area contributed by atoms with Crippen molar-refractivity contribution in [1.29, 1.82) is 0 Å². The number of carbonyl (C=O) groups excluding carboxylic acids is 2. The molecule has 2 N–H and O–H groups in total. The van der Waals surface area contributed by atoms with Gasteiger partial charge in [0.15, 0.2) is 6.61 Å². The minimum Gasteiger partial charge on any atom is -0.452 e. The number of nitrogens with zero attached hydrogens (tertiary/aromatic N) is 2. The fraction of sp³-hybridized carbons (Fsp3) is 0.643. The van der Waals surface area contributed by atoms with Crippen molar-refractivity contribution in [3.8, 4) is 0 Å². The van der Waals surface area contributed by atoms with Crippen LogP contribution in [0.5, 0.6) is 0 Å². The molecule has 24 heavy (non-hydrogen) atoms. The van der Waals surface area contributed by atoms with Crippen LogP contribution in [0.2, 0.25) is 0 Å². The van der Waals surface area contributed by atoms with Gasteiger partial charge in [-0.3, -0.25) is 4.79 Å². The number of rotatable bonds is 6. The monoisotopic (exact) mass is 349 g/mol. The molecule has 1 unspecified atom stereocenters. The van der Waals surface area contributed by atoms with Crippen molar-refractivity contribution in [1.82, 2.24) is 10.1 Å². The normalized spacial score (nSPS) is 15.9. The van der Waals surface area contributed by atoms with E-state index in [4.69, 9.17) is 10.5 Å². The maximum Gasteiger partial charge on any atom is 0.406 e. The highest BCUT2D eigenvalue weighted by atomic mass is 19.4. The highest BCUT2D eigenvalue weighted by molar-refractivity contribution is 5.96. The van der Waals surface area contributed by atoms with Gasteiger partial charge in [0.2, 0.25) is 5.88 Å². The predicted octanol–water partition coefficient (Wildman–Crippen LogP) is 1.91. The van der Waals surface area contributed by atoms with E-state index in [0.29, 0.717) is 4.90 Å². The van der Waals surface area contributed by atoms with Crippen LogP contribution in [0.1, 0.15) is 35.8 Å². The second kappa shape index (κ2) is 6.70. The van der Waals surface area contributed by atoms with Crippen molar-refractivity contribution in [3.63, 3.8) is 0 Å². The molecule has 1 aromatic heterocycles. The van der Waals surface area contributed by atoms with Gasteiger partial charge in [-0.2, -0.15) is 13.2 Å². The molecule has 1 heterocycles. The largest absolute Gasteiger partial charge is 0.452 e. The summed E-state index contributed by atoms with van der Waals surface area (Å²) in [6.45, 7) is 0.820. The summed E-state index contributed by atoms with van der Waals surface area (Å²) in [6, 6.07) is -0.569. The first kappa shape index (κ1) is 18.1. The maximum atomic E-state index is 12.7. The van der Waals surface area contributed by atoms with Gasteiger partial charge in [-0.25, -0.2) is 4.79 Å². The van der Waals surface area contributed by atoms with E-state index in [9.17, 15) is 22.8 Å². The number of anilines is 1. The number of nitrogens with two attached hydrogens (primary N) is 1. The van der Waals surface area contributed by atoms with E-state index in [1.807, 2.05) is 0 Å². The topological polar surface area (TPSA) is 98.7 Å². The molecule has 1 fully saturated rings. The molecule has 0 saturated heterocycles. The van der Waals surface area contributed by atoms with E-state index in [1.165, 1.54) is 6.92 Å². The number of esters is 1. The Morgan fingerprint density at radius 1 is 1.46 bits per heavy atom. The standard InChI is InChI=1S/C14H18F3N3O4/c1-7-11(12(18)24-19-7)13(22)23-5-10(21)20(6-14(15,16)17)8(2)9-3-4-9/h8-9H,3-6,18H2,1-2H3. The highest BCUT2D eigenvalue weighted by Gasteiger charge is 2.40. The number of hydrogen-bond donors (Lipinski definition) is 1. The minimum atomic E-state index is -4.53. The minimum absolute atomic E-state index is 0.0444. The fourth-order valence-corrected chi connectivity index (χ4v) is 2.40. The summed E-state index contributed by atoms with van der Waals surface area (Å²) in [5.74, 6) is -2.11. The number of alkyl halides is 3. The Balaban J connectivity index is 2.00. The van der Waals surface area contributed by atoms with Gasteiger partial charge in [-0.1, -0.05) is 5.16 Å². The Labute approximate surface area is 135 Å². The highest BCUT2D eigenvalue weighted by Crippen LogP contribution is 2.36. The second-order valence-corrected chi connectivity index (χ2v) is 5.80. The van der Waals surface area contributed by atoms with Crippen LogP contribution in [0.15, 0.2) is 4.52 Å². The fourth-order valence-electron chi connectivity index (χ4n) is 2.40. The Morgan fingerprint density at radius 3 is 2.54 bits per heavy atom. The molecule has 1 aliphatic rings. The number of carbonyl (C=O) groups is 2. The maximum absolute atomic E-state index is 12.7. The molecule has 0 bridgehead atoms. The number of nitrogen functional groups attached to an aromatic ring is 1. The first-order chi connectivity index (χ1) is 11.1. The molecule has 1 amide bonds. The van der Waals surface area contributed by atoms with Crippen LogP contribution in [-0.4, -0.2) is 47.3 Å². The van der Waals surface area contributed by atoms with E-state index >= 15 is 0 Å². The van der Waals surface area contributed by atoms with E-state index < -0.39 is 37.2 Å². The first-order valence-corrected chi connectivity index (χ1v) is 7.35. The van der Waals surface area contributed by atoms with Crippen LogP contribution in [-0.2, 0) is 9.53 Å². The summed E-state index contributed by atoms with van der Waals surface area (Å²) in [5.41, 5.74) is 5.45. The van der Waals surface area contributed by atoms with Gasteiger partial charge in [-0.05, 0) is 32.6 Å². The van der Waals surface area contributed by atoms with Crippen LogP contribution >= 0.6 is 0 Å². The van der Waals surface area contributed by atoms with E-state index in [1.54, 1.807) is 6.92 Å². The summed E-state index contributed by atoms with van der Waals surface area (Å²) in [5, 5.41) is 3.46. The van der Waals surface area contributed by atoms with Crippen LogP contribution in [0.3, 0.4) is 0 Å². The van der Waals surface area contributed by atoms with Gasteiger partial charge >= 0.3 is 12.1 Å². The average molecular weight is 349 g/mol. The number of halogens is 3. The average Bonchev–Trinajstić information content (AvgIpc) is 3.26. The lowest BCUT2D eigenvalue weighted by atomic mass is 10.2. The van der Waals surface area contributed by atoms with Crippen LogP contribution in [0, 0.1) is 12.8 Å². The third-order valence-electron chi connectivity index (χ3n) is 3.89. The zero-order chi connectivity index (χ0) is 18.1. The smallest absolute Gasteiger partial charge is 0.406 e. The van der Waals surface area contributed by atoms with Crippen molar-refractivity contribution >= 4 is 17.8 Å². The number of amides is 1. The number of hydrogen-bond acceptors (Lipinski definition) is 6. The number of aryl methyl sites for hydroxylation is 1. The first-order valence-electron chi connectivity index (χ1n) is 7.35. The molecular formula is C14H18F3N3O4. The van der Waals surface area contributed by atoms with Gasteiger partial charge in [0, 0.05) is 6.04 Å². The zero-order valence-electron chi connectivity index (χ0n) is 13.2. The molecule has 7 nitrogen and oxygen atoms in total. The lowest BCUT2D eigenvalue weighted by Gasteiger charge is -2.30. The lowest BCUT2D eigenvalue weighted by molar-refractivity contribution is -0.167. The van der Waals surface area contributed by atoms with Crippen LogP contribution < -0.4 is 5.73 Å². The van der Waals surface area contributed by atoms with E-state index in [0.717, 1.165) is 12.8 Å². The van der Waals surface area contributed by atoms with Gasteiger partial charge in [0.1, 0.15) is 12.1 Å². The lowest BCUT2D eigenvalue weighted by Crippen LogP contribution is -2.47. The summed E-state index contributed by atoms with van der Waals surface area (Å²) in [6.07, 6.45) is -2.98. The van der Waals surface area contributed by atoms with Crippen LogP contribution in [0.25, 0.3) is 0 Å². The molecule has 1 aromatic rings. The Kier molecular flexibility index (Phi) is 5.05. The summed E-state index contributed by atoms with van der Waals surface area (Å²) >= 11 is 0. The van der Waals surface area contributed by atoms with E-state index in [-0.39, 0.29) is 23.1 Å². The molecule has 1 atom stereocenters. The Hall–Kier alpha value is -2.26. The second-order valence-electron chi connectivity index (χ2n) is 5.80. The van der Waals surface area contributed by atoms with Gasteiger partial charge in [0.05, 0.1) is 5.69 Å². The molecule has 134 valence electrons. The van der Waals surface area contributed by atoms with Crippen molar-refractivity contribution < 1.29 is 32.0 Å². The van der Waals surface area contributed by atoms with Crippen molar-refractivity contribution in [3.05, 3.63) is 11.3 Å². The zero-order valence-corrected chi connectivity index (χ0v) is 13.2. The predicted molar refractivity (Wildman–Crippen MR) is 75.9 cm³/mol. The van der Waals surface area contributed by atoms with Gasteiger partial charge in [0.25, 0.3) is 5.91 Å². The van der Waals surface area contributed by atoms with Crippen molar-refractivity contribution in [2.45, 2.75) is 38.9 Å². The summed E-state index contributed by atoms with van der Waals surface area (Å²) < 4.78 is 47.5. The third kappa shape index (κ3) is 4.39. The van der Waals surface area contributed by atoms with Crippen molar-refractivity contribution in [2.24, 2.45) is 5.92 Å². The third-order valence-corrected chi connectivity index (χ3v) is 3.89. The molecule has 2 rings (SSSR count). The Morgan fingerprint density at radius 2 is 2.08 bits per heavy atom. The van der Waals surface area contributed by atoms with Crippen LogP contribution in [0.4, 0.5) is 19.1 Å². The molecule has 1 aliphatic carbocycles. The van der Waals surface area contributed by atoms with Gasteiger partial charge in [-0.15, -0.1) is 0 Å². The molecule has 1 saturated carbocycles. The number of ether oxygens (including phenoxy) is 1. The summed E-state index contributed by atoms with van der Waals surface area (Å²) in [4.78, 5) is 24.7. The molecule has 0 aromatic carbocycles. The summed E-state index contributed by atoms with van der Waals surface area (Å²) in [7, 11) is 0. The molecule has 0 aliphatic heterocycles. The molecule has 0 spiro atoms. The Bertz CT molecular complexity index is 606.